The van der Waals surface area contributed by atoms with E-state index in [2.05, 4.69) is 10.2 Å². The lowest BCUT2D eigenvalue weighted by Gasteiger charge is -2.06. The summed E-state index contributed by atoms with van der Waals surface area (Å²) >= 11 is 0. The number of ether oxygens (including phenoxy) is 1. The number of Topliss-reactive ketones (excluding diaryl/α,β-unsaturated/α-hetero) is 1. The van der Waals surface area contributed by atoms with Crippen LogP contribution in [-0.4, -0.2) is 30.3 Å². The molecule has 0 unspecified atom stereocenters. The maximum Gasteiger partial charge on any atom is 0.354 e. The minimum atomic E-state index is -0.718. The fourth-order valence-corrected chi connectivity index (χ4v) is 2.53. The second-order valence-electron chi connectivity index (χ2n) is 5.80. The van der Waals surface area contributed by atoms with Gasteiger partial charge in [-0.15, -0.1) is 10.2 Å². The standard InChI is InChI=1S/C22H18N2O4/c1-27-22(26)18(15-19(25)20-13-8-14-28-20)23-24-21(16-9-4-2-5-10-16)17-11-6-3-7-12-17/h2-14H,15H2,1H3. The summed E-state index contributed by atoms with van der Waals surface area (Å²) in [6.45, 7) is 0. The number of esters is 1. The van der Waals surface area contributed by atoms with Crippen LogP contribution in [0.3, 0.4) is 0 Å². The first-order chi connectivity index (χ1) is 13.7. The van der Waals surface area contributed by atoms with E-state index in [4.69, 9.17) is 9.15 Å². The van der Waals surface area contributed by atoms with E-state index in [1.54, 1.807) is 6.07 Å². The van der Waals surface area contributed by atoms with Crippen LogP contribution in [0.4, 0.5) is 0 Å². The number of benzene rings is 2. The Bertz CT molecular complexity index is 950. The summed E-state index contributed by atoms with van der Waals surface area (Å²) < 4.78 is 9.83. The Balaban J connectivity index is 1.99. The monoisotopic (exact) mass is 374 g/mol. The minimum Gasteiger partial charge on any atom is -0.464 e. The first-order valence-corrected chi connectivity index (χ1v) is 8.59. The van der Waals surface area contributed by atoms with Crippen molar-refractivity contribution >= 4 is 23.2 Å². The van der Waals surface area contributed by atoms with Crippen LogP contribution in [0.2, 0.25) is 0 Å². The Labute approximate surface area is 162 Å². The first kappa shape index (κ1) is 19.0. The van der Waals surface area contributed by atoms with Crippen molar-refractivity contribution in [3.05, 3.63) is 95.9 Å². The largest absolute Gasteiger partial charge is 0.464 e. The summed E-state index contributed by atoms with van der Waals surface area (Å²) in [5.74, 6) is -0.957. The van der Waals surface area contributed by atoms with Crippen LogP contribution in [0.25, 0.3) is 0 Å². The molecule has 6 heteroatoms. The molecule has 0 aliphatic heterocycles. The third-order valence-corrected chi connectivity index (χ3v) is 3.91. The van der Waals surface area contributed by atoms with E-state index in [1.807, 2.05) is 60.7 Å². The summed E-state index contributed by atoms with van der Waals surface area (Å²) in [5, 5.41) is 8.35. The number of hydrogen-bond donors (Lipinski definition) is 0. The predicted octanol–water partition coefficient (Wildman–Crippen LogP) is 3.92. The average molecular weight is 374 g/mol. The van der Waals surface area contributed by atoms with Gasteiger partial charge in [-0.05, 0) is 12.1 Å². The molecule has 140 valence electrons. The molecule has 0 atom stereocenters. The van der Waals surface area contributed by atoms with Crippen molar-refractivity contribution in [1.82, 2.24) is 0 Å². The van der Waals surface area contributed by atoms with Crippen LogP contribution in [-0.2, 0) is 9.53 Å². The van der Waals surface area contributed by atoms with Gasteiger partial charge in [-0.1, -0.05) is 60.7 Å². The minimum absolute atomic E-state index is 0.103. The second kappa shape index (κ2) is 9.23. The molecular formula is C22H18N2O4. The topological polar surface area (TPSA) is 81.2 Å². The molecule has 1 aromatic heterocycles. The Hall–Kier alpha value is -3.80. The number of hydrogen-bond acceptors (Lipinski definition) is 6. The summed E-state index contributed by atoms with van der Waals surface area (Å²) in [4.78, 5) is 24.4. The van der Waals surface area contributed by atoms with Crippen molar-refractivity contribution in [1.29, 1.82) is 0 Å². The number of furan rings is 1. The van der Waals surface area contributed by atoms with Gasteiger partial charge in [0.15, 0.2) is 11.5 Å². The van der Waals surface area contributed by atoms with Gasteiger partial charge >= 0.3 is 5.97 Å². The smallest absolute Gasteiger partial charge is 0.354 e. The van der Waals surface area contributed by atoms with Crippen molar-refractivity contribution in [3.63, 3.8) is 0 Å². The molecule has 1 heterocycles. The molecule has 0 radical (unpaired) electrons. The molecule has 28 heavy (non-hydrogen) atoms. The quantitative estimate of drug-likeness (QED) is 0.272. The van der Waals surface area contributed by atoms with Gasteiger partial charge in [-0.25, -0.2) is 4.79 Å². The van der Waals surface area contributed by atoms with Gasteiger partial charge in [0.25, 0.3) is 0 Å². The Kier molecular flexibility index (Phi) is 6.25. The summed E-state index contributed by atoms with van der Waals surface area (Å²) in [6, 6.07) is 22.1. The van der Waals surface area contributed by atoms with Crippen LogP contribution >= 0.6 is 0 Å². The van der Waals surface area contributed by atoms with E-state index >= 15 is 0 Å². The van der Waals surface area contributed by atoms with Gasteiger partial charge in [0.1, 0.15) is 5.71 Å². The van der Waals surface area contributed by atoms with Crippen LogP contribution in [0, 0.1) is 0 Å². The van der Waals surface area contributed by atoms with Crippen LogP contribution in [0.5, 0.6) is 0 Å². The Morgan fingerprint density at radius 3 is 1.96 bits per heavy atom. The molecule has 0 saturated carbocycles. The Morgan fingerprint density at radius 1 is 0.857 bits per heavy atom. The van der Waals surface area contributed by atoms with Crippen molar-refractivity contribution in [2.75, 3.05) is 7.11 Å². The molecule has 0 spiro atoms. The fraction of sp³-hybridized carbons (Fsp3) is 0.0909. The van der Waals surface area contributed by atoms with E-state index in [0.29, 0.717) is 5.71 Å². The molecule has 0 bridgehead atoms. The lowest BCUT2D eigenvalue weighted by Crippen LogP contribution is -2.19. The fourth-order valence-electron chi connectivity index (χ4n) is 2.53. The highest BCUT2D eigenvalue weighted by Gasteiger charge is 2.20. The number of ketones is 1. The lowest BCUT2D eigenvalue weighted by atomic mass is 10.0. The SMILES string of the molecule is COC(=O)C(CC(=O)c1ccco1)=NN=C(c1ccccc1)c1ccccc1. The first-order valence-electron chi connectivity index (χ1n) is 8.59. The number of methoxy groups -OCH3 is 1. The van der Waals surface area contributed by atoms with Crippen LogP contribution in [0.1, 0.15) is 28.1 Å². The summed E-state index contributed by atoms with van der Waals surface area (Å²) in [5.41, 5.74) is 2.14. The zero-order valence-corrected chi connectivity index (χ0v) is 15.2. The number of rotatable bonds is 7. The molecule has 0 aliphatic rings. The molecule has 3 rings (SSSR count). The lowest BCUT2D eigenvalue weighted by molar-refractivity contribution is -0.132. The van der Waals surface area contributed by atoms with E-state index in [-0.39, 0.29) is 23.7 Å². The molecule has 6 nitrogen and oxygen atoms in total. The van der Waals surface area contributed by atoms with E-state index in [0.717, 1.165) is 11.1 Å². The normalized spacial score (nSPS) is 11.0. The van der Waals surface area contributed by atoms with Crippen molar-refractivity contribution in [2.24, 2.45) is 10.2 Å². The molecule has 2 aromatic carbocycles. The van der Waals surface area contributed by atoms with Crippen molar-refractivity contribution in [2.45, 2.75) is 6.42 Å². The molecular weight excluding hydrogens is 356 g/mol. The average Bonchev–Trinajstić information content (AvgIpc) is 3.29. The van der Waals surface area contributed by atoms with Gasteiger partial charge in [-0.2, -0.15) is 0 Å². The highest BCUT2D eigenvalue weighted by molar-refractivity contribution is 6.40. The molecule has 0 saturated heterocycles. The van der Waals surface area contributed by atoms with Crippen LogP contribution < -0.4 is 0 Å². The van der Waals surface area contributed by atoms with E-state index < -0.39 is 5.97 Å². The van der Waals surface area contributed by atoms with Gasteiger partial charge in [0.05, 0.1) is 19.8 Å². The van der Waals surface area contributed by atoms with E-state index in [1.165, 1.54) is 19.4 Å². The van der Waals surface area contributed by atoms with Gasteiger partial charge in [-0.3, -0.25) is 4.79 Å². The molecule has 0 amide bonds. The predicted molar refractivity (Wildman–Crippen MR) is 106 cm³/mol. The molecule has 0 fully saturated rings. The van der Waals surface area contributed by atoms with Gasteiger partial charge in [0.2, 0.25) is 5.78 Å². The number of carbonyl (C=O) groups is 2. The van der Waals surface area contributed by atoms with E-state index in [9.17, 15) is 9.59 Å². The van der Waals surface area contributed by atoms with Crippen LogP contribution in [0.15, 0.2) is 93.7 Å². The molecule has 0 aliphatic carbocycles. The molecule has 0 N–H and O–H groups in total. The third-order valence-electron chi connectivity index (χ3n) is 3.91. The zero-order chi connectivity index (χ0) is 19.8. The highest BCUT2D eigenvalue weighted by Crippen LogP contribution is 2.12. The maximum atomic E-state index is 12.3. The summed E-state index contributed by atoms with van der Waals surface area (Å²) in [6.07, 6.45) is 1.11. The Morgan fingerprint density at radius 2 is 1.46 bits per heavy atom. The third kappa shape index (κ3) is 4.67. The van der Waals surface area contributed by atoms with Gasteiger partial charge in [0, 0.05) is 11.1 Å². The molecule has 3 aromatic rings. The zero-order valence-electron chi connectivity index (χ0n) is 15.2. The van der Waals surface area contributed by atoms with Crippen molar-refractivity contribution in [3.8, 4) is 0 Å². The van der Waals surface area contributed by atoms with Gasteiger partial charge < -0.3 is 9.15 Å². The number of carbonyl (C=O) groups excluding carboxylic acids is 2. The maximum absolute atomic E-state index is 12.3. The summed E-state index contributed by atoms with van der Waals surface area (Å²) in [7, 11) is 1.23. The second-order valence-corrected chi connectivity index (χ2v) is 5.80. The number of nitrogens with zero attached hydrogens (tertiary/aromatic N) is 2. The van der Waals surface area contributed by atoms with Crippen molar-refractivity contribution < 1.29 is 18.7 Å². The highest BCUT2D eigenvalue weighted by atomic mass is 16.5.